The van der Waals surface area contributed by atoms with Crippen LogP contribution in [0.3, 0.4) is 0 Å². The molecule has 1 atom stereocenters. The Kier molecular flexibility index (Phi) is 6.83. The first-order chi connectivity index (χ1) is 8.67. The molecule has 4 heteroatoms. The summed E-state index contributed by atoms with van der Waals surface area (Å²) in [7, 11) is 1.66. The molecular formula is C14H22N2OS. The Hall–Kier alpha value is -1.00. The van der Waals surface area contributed by atoms with E-state index in [1.54, 1.807) is 18.8 Å². The second-order valence-corrected chi connectivity index (χ2v) is 5.26. The van der Waals surface area contributed by atoms with Crippen LogP contribution in [0.4, 0.5) is 0 Å². The molecule has 1 unspecified atom stereocenters. The van der Waals surface area contributed by atoms with E-state index in [1.165, 1.54) is 5.56 Å². The average molecular weight is 266 g/mol. The topological polar surface area (TPSA) is 41.1 Å². The lowest BCUT2D eigenvalue weighted by molar-refractivity contribution is -0.118. The molecule has 0 spiro atoms. The average Bonchev–Trinajstić information content (AvgIpc) is 2.42. The molecule has 0 aromatic heterocycles. The van der Waals surface area contributed by atoms with Crippen LogP contribution in [-0.4, -0.2) is 25.3 Å². The van der Waals surface area contributed by atoms with Gasteiger partial charge in [-0.25, -0.2) is 0 Å². The Morgan fingerprint density at radius 1 is 1.44 bits per heavy atom. The molecule has 0 fully saturated rings. The molecule has 1 aromatic rings. The first kappa shape index (κ1) is 15.1. The number of benzene rings is 1. The largest absolute Gasteiger partial charge is 0.358 e. The van der Waals surface area contributed by atoms with Crippen molar-refractivity contribution in [1.82, 2.24) is 10.6 Å². The summed E-state index contributed by atoms with van der Waals surface area (Å²) < 4.78 is 0. The van der Waals surface area contributed by atoms with Crippen LogP contribution >= 0.6 is 11.8 Å². The van der Waals surface area contributed by atoms with Crippen molar-refractivity contribution in [3.63, 3.8) is 0 Å². The van der Waals surface area contributed by atoms with Crippen LogP contribution in [0.25, 0.3) is 0 Å². The zero-order chi connectivity index (χ0) is 13.4. The number of carbonyl (C=O) groups is 1. The van der Waals surface area contributed by atoms with Gasteiger partial charge in [-0.1, -0.05) is 19.1 Å². The zero-order valence-electron chi connectivity index (χ0n) is 11.3. The molecule has 0 bridgehead atoms. The number of thioether (sulfide) groups is 1. The van der Waals surface area contributed by atoms with Crippen LogP contribution in [0.5, 0.6) is 0 Å². The van der Waals surface area contributed by atoms with E-state index < -0.39 is 0 Å². The van der Waals surface area contributed by atoms with E-state index in [9.17, 15) is 4.79 Å². The molecular weight excluding hydrogens is 244 g/mol. The minimum atomic E-state index is 0.0579. The summed E-state index contributed by atoms with van der Waals surface area (Å²) in [5.41, 5.74) is 1.27. The second kappa shape index (κ2) is 8.16. The molecule has 1 aromatic carbocycles. The molecule has 0 radical (unpaired) electrons. The molecule has 1 rings (SSSR count). The predicted octanol–water partition coefficient (Wildman–Crippen LogP) is 2.59. The smallest absolute Gasteiger partial charge is 0.230 e. The molecule has 0 saturated heterocycles. The quantitative estimate of drug-likeness (QED) is 0.745. The molecule has 0 aliphatic rings. The maximum Gasteiger partial charge on any atom is 0.230 e. The predicted molar refractivity (Wildman–Crippen MR) is 77.9 cm³/mol. The van der Waals surface area contributed by atoms with Gasteiger partial charge in [0.2, 0.25) is 5.91 Å². The highest BCUT2D eigenvalue weighted by Crippen LogP contribution is 2.22. The molecule has 0 aliphatic carbocycles. The number of hydrogen-bond acceptors (Lipinski definition) is 3. The van der Waals surface area contributed by atoms with E-state index in [1.807, 2.05) is 12.1 Å². The van der Waals surface area contributed by atoms with Gasteiger partial charge in [-0.3, -0.25) is 4.79 Å². The number of hydrogen-bond donors (Lipinski definition) is 2. The fraction of sp³-hybridized carbons (Fsp3) is 0.500. The van der Waals surface area contributed by atoms with E-state index in [0.717, 1.165) is 17.9 Å². The molecule has 100 valence electrons. The highest BCUT2D eigenvalue weighted by molar-refractivity contribution is 8.00. The maximum atomic E-state index is 11.2. The van der Waals surface area contributed by atoms with Gasteiger partial charge < -0.3 is 10.6 Å². The summed E-state index contributed by atoms with van der Waals surface area (Å²) >= 11 is 1.57. The lowest BCUT2D eigenvalue weighted by atomic mass is 10.1. The molecule has 0 saturated carbocycles. The highest BCUT2D eigenvalue weighted by Gasteiger charge is 2.06. The lowest BCUT2D eigenvalue weighted by Crippen LogP contribution is -2.20. The Balaban J connectivity index is 2.58. The Bertz CT molecular complexity index is 382. The van der Waals surface area contributed by atoms with Gasteiger partial charge in [0.25, 0.3) is 0 Å². The molecule has 0 heterocycles. The number of nitrogens with one attached hydrogen (secondary N) is 2. The van der Waals surface area contributed by atoms with E-state index in [4.69, 9.17) is 0 Å². The highest BCUT2D eigenvalue weighted by atomic mass is 32.2. The Morgan fingerprint density at radius 2 is 2.22 bits per heavy atom. The number of rotatable bonds is 7. The fourth-order valence-corrected chi connectivity index (χ4v) is 2.41. The van der Waals surface area contributed by atoms with Crippen molar-refractivity contribution >= 4 is 17.7 Å². The van der Waals surface area contributed by atoms with Crippen molar-refractivity contribution in [3.8, 4) is 0 Å². The summed E-state index contributed by atoms with van der Waals surface area (Å²) in [6.07, 6.45) is 1.13. The monoisotopic (exact) mass is 266 g/mol. The molecule has 1 amide bonds. The molecule has 2 N–H and O–H groups in total. The van der Waals surface area contributed by atoms with Crippen LogP contribution in [0, 0.1) is 0 Å². The summed E-state index contributed by atoms with van der Waals surface area (Å²) in [4.78, 5) is 12.3. The molecule has 0 aliphatic heterocycles. The summed E-state index contributed by atoms with van der Waals surface area (Å²) in [5, 5.41) is 6.09. The van der Waals surface area contributed by atoms with Crippen LogP contribution in [0.15, 0.2) is 29.2 Å². The van der Waals surface area contributed by atoms with Gasteiger partial charge in [-0.05, 0) is 37.6 Å². The van der Waals surface area contributed by atoms with Crippen molar-refractivity contribution in [2.45, 2.75) is 31.2 Å². The Labute approximate surface area is 114 Å². The van der Waals surface area contributed by atoms with Crippen LogP contribution in [0.2, 0.25) is 0 Å². The Morgan fingerprint density at radius 3 is 2.89 bits per heavy atom. The van der Waals surface area contributed by atoms with E-state index in [0.29, 0.717) is 11.8 Å². The molecule has 18 heavy (non-hydrogen) atoms. The van der Waals surface area contributed by atoms with E-state index in [-0.39, 0.29) is 5.91 Å². The normalized spacial score (nSPS) is 12.2. The number of amides is 1. The van der Waals surface area contributed by atoms with Crippen molar-refractivity contribution in [1.29, 1.82) is 0 Å². The van der Waals surface area contributed by atoms with Gasteiger partial charge >= 0.3 is 0 Å². The lowest BCUT2D eigenvalue weighted by Gasteiger charge is -2.14. The van der Waals surface area contributed by atoms with Crippen molar-refractivity contribution in [2.24, 2.45) is 0 Å². The van der Waals surface area contributed by atoms with Crippen molar-refractivity contribution in [2.75, 3.05) is 19.3 Å². The number of carbonyl (C=O) groups excluding carboxylic acids is 1. The second-order valence-electron chi connectivity index (χ2n) is 4.21. The minimum Gasteiger partial charge on any atom is -0.358 e. The third kappa shape index (κ3) is 5.10. The maximum absolute atomic E-state index is 11.2. The first-order valence-corrected chi connectivity index (χ1v) is 7.32. The first-order valence-electron chi connectivity index (χ1n) is 6.34. The van der Waals surface area contributed by atoms with Crippen molar-refractivity contribution < 1.29 is 4.79 Å². The van der Waals surface area contributed by atoms with Crippen LogP contribution < -0.4 is 10.6 Å². The fourth-order valence-electron chi connectivity index (χ4n) is 1.57. The van der Waals surface area contributed by atoms with Gasteiger partial charge in [-0.15, -0.1) is 11.8 Å². The SMILES string of the molecule is CCCNC(C)c1cccc(SCC(=O)NC)c1. The zero-order valence-corrected chi connectivity index (χ0v) is 12.1. The third-order valence-electron chi connectivity index (χ3n) is 2.71. The van der Waals surface area contributed by atoms with Gasteiger partial charge in [0, 0.05) is 18.0 Å². The minimum absolute atomic E-state index is 0.0579. The summed E-state index contributed by atoms with van der Waals surface area (Å²) in [5.74, 6) is 0.527. The van der Waals surface area contributed by atoms with Crippen LogP contribution in [-0.2, 0) is 4.79 Å². The molecule has 3 nitrogen and oxygen atoms in total. The van der Waals surface area contributed by atoms with Crippen molar-refractivity contribution in [3.05, 3.63) is 29.8 Å². The standard InChI is InChI=1S/C14H22N2OS/c1-4-8-16-11(2)12-6-5-7-13(9-12)18-10-14(17)15-3/h5-7,9,11,16H,4,8,10H2,1-3H3,(H,15,17). The third-order valence-corrected chi connectivity index (χ3v) is 3.70. The summed E-state index contributed by atoms with van der Waals surface area (Å²) in [6, 6.07) is 8.72. The van der Waals surface area contributed by atoms with Gasteiger partial charge in [-0.2, -0.15) is 0 Å². The van der Waals surface area contributed by atoms with Gasteiger partial charge in [0.1, 0.15) is 0 Å². The van der Waals surface area contributed by atoms with Gasteiger partial charge in [0.15, 0.2) is 0 Å². The van der Waals surface area contributed by atoms with E-state index in [2.05, 4.69) is 36.6 Å². The van der Waals surface area contributed by atoms with E-state index >= 15 is 0 Å². The van der Waals surface area contributed by atoms with Gasteiger partial charge in [0.05, 0.1) is 5.75 Å². The van der Waals surface area contributed by atoms with Crippen LogP contribution in [0.1, 0.15) is 31.9 Å². The summed E-state index contributed by atoms with van der Waals surface area (Å²) in [6.45, 7) is 5.35.